The van der Waals surface area contributed by atoms with Gasteiger partial charge in [-0.1, -0.05) is 54.4 Å². The van der Waals surface area contributed by atoms with Crippen LogP contribution in [0.15, 0.2) is 40.9 Å². The predicted octanol–water partition coefficient (Wildman–Crippen LogP) is 4.65. The molecule has 0 amide bonds. The van der Waals surface area contributed by atoms with Crippen molar-refractivity contribution in [2.24, 2.45) is 11.7 Å². The Hall–Kier alpha value is -0.860. The average molecular weight is 292 g/mol. The van der Waals surface area contributed by atoms with Crippen LogP contribution in [0.4, 0.5) is 0 Å². The van der Waals surface area contributed by atoms with Gasteiger partial charge in [-0.3, -0.25) is 0 Å². The third-order valence-electron chi connectivity index (χ3n) is 3.47. The van der Waals surface area contributed by atoms with Gasteiger partial charge in [-0.05, 0) is 40.5 Å². The average Bonchev–Trinajstić information content (AvgIpc) is 2.36. The first-order chi connectivity index (χ1) is 8.11. The summed E-state index contributed by atoms with van der Waals surface area (Å²) in [6.45, 7) is 4.39. The molecule has 17 heavy (non-hydrogen) atoms. The van der Waals surface area contributed by atoms with Crippen molar-refractivity contribution in [3.63, 3.8) is 0 Å². The van der Waals surface area contributed by atoms with E-state index in [1.165, 1.54) is 16.3 Å². The van der Waals surface area contributed by atoms with Gasteiger partial charge in [-0.25, -0.2) is 0 Å². The molecular weight excluding hydrogens is 274 g/mol. The van der Waals surface area contributed by atoms with E-state index in [0.717, 1.165) is 10.9 Å². The fourth-order valence-electron chi connectivity index (χ4n) is 2.02. The zero-order valence-electron chi connectivity index (χ0n) is 10.3. The van der Waals surface area contributed by atoms with Crippen LogP contribution < -0.4 is 5.73 Å². The van der Waals surface area contributed by atoms with E-state index in [1.54, 1.807) is 0 Å². The summed E-state index contributed by atoms with van der Waals surface area (Å²) in [4.78, 5) is 0. The van der Waals surface area contributed by atoms with Crippen molar-refractivity contribution in [3.05, 3.63) is 46.4 Å². The third kappa shape index (κ3) is 2.70. The van der Waals surface area contributed by atoms with Crippen LogP contribution in [-0.2, 0) is 0 Å². The quantitative estimate of drug-likeness (QED) is 0.875. The highest BCUT2D eigenvalue weighted by Crippen LogP contribution is 2.26. The Kier molecular flexibility index (Phi) is 3.85. The van der Waals surface area contributed by atoms with E-state index in [-0.39, 0.29) is 6.04 Å². The number of rotatable bonds is 3. The summed E-state index contributed by atoms with van der Waals surface area (Å²) in [5.74, 6) is 0.517. The molecule has 90 valence electrons. The van der Waals surface area contributed by atoms with Crippen LogP contribution in [0.3, 0.4) is 0 Å². The number of hydrogen-bond acceptors (Lipinski definition) is 1. The highest BCUT2D eigenvalue weighted by Gasteiger charge is 2.13. The molecule has 2 heteroatoms. The van der Waals surface area contributed by atoms with Crippen LogP contribution in [0.1, 0.15) is 31.9 Å². The molecule has 0 radical (unpaired) electrons. The Bertz CT molecular complexity index is 521. The maximum atomic E-state index is 6.26. The fraction of sp³-hybridized carbons (Fsp3) is 0.333. The molecular formula is C15H18BrN. The molecule has 0 aliphatic rings. The number of halogens is 1. The van der Waals surface area contributed by atoms with Gasteiger partial charge in [0, 0.05) is 10.5 Å². The maximum Gasteiger partial charge on any atom is 0.0320 e. The van der Waals surface area contributed by atoms with Crippen LogP contribution in [0.5, 0.6) is 0 Å². The Morgan fingerprint density at radius 3 is 2.47 bits per heavy atom. The van der Waals surface area contributed by atoms with Gasteiger partial charge >= 0.3 is 0 Å². The Balaban J connectivity index is 2.41. The molecule has 0 aromatic heterocycles. The molecule has 2 unspecified atom stereocenters. The minimum atomic E-state index is 0.132. The van der Waals surface area contributed by atoms with Crippen molar-refractivity contribution in [1.29, 1.82) is 0 Å². The summed E-state index contributed by atoms with van der Waals surface area (Å²) in [7, 11) is 0. The lowest BCUT2D eigenvalue weighted by atomic mass is 9.92. The van der Waals surface area contributed by atoms with Crippen molar-refractivity contribution in [3.8, 4) is 0 Å². The lowest BCUT2D eigenvalue weighted by molar-refractivity contribution is 0.457. The normalized spacial score (nSPS) is 14.8. The monoisotopic (exact) mass is 291 g/mol. The molecule has 0 aliphatic carbocycles. The number of fused-ring (bicyclic) bond motifs is 1. The Labute approximate surface area is 111 Å². The van der Waals surface area contributed by atoms with E-state index in [1.807, 2.05) is 0 Å². The molecule has 2 aromatic rings. The number of nitrogens with two attached hydrogens (primary N) is 1. The molecule has 1 nitrogen and oxygen atoms in total. The summed E-state index contributed by atoms with van der Waals surface area (Å²) < 4.78 is 1.11. The third-order valence-corrected chi connectivity index (χ3v) is 3.96. The fourth-order valence-corrected chi connectivity index (χ4v) is 2.40. The molecule has 0 aliphatic heterocycles. The SMILES string of the molecule is CCC(C)C(N)c1ccc2cc(Br)ccc2c1. The lowest BCUT2D eigenvalue weighted by Gasteiger charge is -2.19. The minimum Gasteiger partial charge on any atom is -0.324 e. The van der Waals surface area contributed by atoms with Crippen molar-refractivity contribution in [2.75, 3.05) is 0 Å². The number of benzene rings is 2. The largest absolute Gasteiger partial charge is 0.324 e. The summed E-state index contributed by atoms with van der Waals surface area (Å²) in [6.07, 6.45) is 1.11. The summed E-state index contributed by atoms with van der Waals surface area (Å²) in [5, 5.41) is 2.50. The highest BCUT2D eigenvalue weighted by molar-refractivity contribution is 9.10. The second-order valence-corrected chi connectivity index (χ2v) is 5.58. The van der Waals surface area contributed by atoms with Crippen LogP contribution in [-0.4, -0.2) is 0 Å². The van der Waals surface area contributed by atoms with Gasteiger partial charge in [0.05, 0.1) is 0 Å². The topological polar surface area (TPSA) is 26.0 Å². The molecule has 0 saturated heterocycles. The first kappa shape index (κ1) is 12.6. The van der Waals surface area contributed by atoms with E-state index in [9.17, 15) is 0 Å². The first-order valence-corrected chi connectivity index (χ1v) is 6.86. The predicted molar refractivity (Wildman–Crippen MR) is 78.0 cm³/mol. The molecule has 2 N–H and O–H groups in total. The van der Waals surface area contributed by atoms with E-state index < -0.39 is 0 Å². The van der Waals surface area contributed by atoms with Gasteiger partial charge in [0.25, 0.3) is 0 Å². The second-order valence-electron chi connectivity index (χ2n) is 4.66. The van der Waals surface area contributed by atoms with Gasteiger partial charge in [0.15, 0.2) is 0 Å². The summed E-state index contributed by atoms with van der Waals surface area (Å²) in [5.41, 5.74) is 7.49. The van der Waals surface area contributed by atoms with Gasteiger partial charge in [-0.2, -0.15) is 0 Å². The number of hydrogen-bond donors (Lipinski definition) is 1. The lowest BCUT2D eigenvalue weighted by Crippen LogP contribution is -2.18. The van der Waals surface area contributed by atoms with Crippen molar-refractivity contribution in [1.82, 2.24) is 0 Å². The Morgan fingerprint density at radius 2 is 1.76 bits per heavy atom. The second kappa shape index (κ2) is 5.19. The molecule has 2 rings (SSSR count). The van der Waals surface area contributed by atoms with Crippen LogP contribution in [0.2, 0.25) is 0 Å². The van der Waals surface area contributed by atoms with Crippen molar-refractivity contribution >= 4 is 26.7 Å². The van der Waals surface area contributed by atoms with E-state index in [0.29, 0.717) is 5.92 Å². The van der Waals surface area contributed by atoms with Gasteiger partial charge < -0.3 is 5.73 Å². The van der Waals surface area contributed by atoms with Crippen LogP contribution in [0, 0.1) is 5.92 Å². The van der Waals surface area contributed by atoms with E-state index in [4.69, 9.17) is 5.73 Å². The van der Waals surface area contributed by atoms with Gasteiger partial charge in [0.1, 0.15) is 0 Å². The molecule has 0 fully saturated rings. The van der Waals surface area contributed by atoms with E-state index in [2.05, 4.69) is 66.2 Å². The van der Waals surface area contributed by atoms with Gasteiger partial charge in [-0.15, -0.1) is 0 Å². The van der Waals surface area contributed by atoms with Crippen LogP contribution >= 0.6 is 15.9 Å². The minimum absolute atomic E-state index is 0.132. The van der Waals surface area contributed by atoms with Crippen molar-refractivity contribution < 1.29 is 0 Å². The van der Waals surface area contributed by atoms with Gasteiger partial charge in [0.2, 0.25) is 0 Å². The molecule has 2 aromatic carbocycles. The zero-order valence-corrected chi connectivity index (χ0v) is 11.9. The molecule has 0 saturated carbocycles. The molecule has 0 bridgehead atoms. The maximum absolute atomic E-state index is 6.26. The Morgan fingerprint density at radius 1 is 1.12 bits per heavy atom. The summed E-state index contributed by atoms with van der Waals surface area (Å²) in [6, 6.07) is 13.0. The smallest absolute Gasteiger partial charge is 0.0320 e. The van der Waals surface area contributed by atoms with Crippen LogP contribution in [0.25, 0.3) is 10.8 Å². The highest BCUT2D eigenvalue weighted by atomic mass is 79.9. The molecule has 0 heterocycles. The van der Waals surface area contributed by atoms with E-state index >= 15 is 0 Å². The van der Waals surface area contributed by atoms with Crippen molar-refractivity contribution in [2.45, 2.75) is 26.3 Å². The standard InChI is InChI=1S/C15H18BrN/c1-3-10(2)15(17)13-5-4-12-9-14(16)7-6-11(12)8-13/h4-10,15H,3,17H2,1-2H3. The molecule has 0 spiro atoms. The molecule has 2 atom stereocenters. The summed E-state index contributed by atoms with van der Waals surface area (Å²) >= 11 is 3.49. The first-order valence-electron chi connectivity index (χ1n) is 6.06. The zero-order chi connectivity index (χ0) is 12.4.